The molecule has 1 aromatic heterocycles. The molecule has 0 radical (unpaired) electrons. The molecule has 0 aliphatic carbocycles. The lowest BCUT2D eigenvalue weighted by Crippen LogP contribution is -2.08. The van der Waals surface area contributed by atoms with Gasteiger partial charge in [-0.1, -0.05) is 37.3 Å². The third-order valence-corrected chi connectivity index (χ3v) is 6.15. The fourth-order valence-corrected chi connectivity index (χ4v) is 3.78. The van der Waals surface area contributed by atoms with Gasteiger partial charge in [-0.2, -0.15) is 0 Å². The van der Waals surface area contributed by atoms with Crippen LogP contribution in [0.3, 0.4) is 0 Å². The molecule has 2 rings (SSSR count). The third kappa shape index (κ3) is 2.69. The molecule has 2 aromatic rings. The molecule has 0 amide bonds. The van der Waals surface area contributed by atoms with Crippen LogP contribution in [-0.2, 0) is 0 Å². The van der Waals surface area contributed by atoms with Gasteiger partial charge in [0.15, 0.2) is 5.78 Å². The Labute approximate surface area is 121 Å². The summed E-state index contributed by atoms with van der Waals surface area (Å²) >= 11 is 8.30. The van der Waals surface area contributed by atoms with Gasteiger partial charge in [-0.3, -0.25) is 4.79 Å². The summed E-state index contributed by atoms with van der Waals surface area (Å²) in [7, 11) is 0. The Kier molecular flexibility index (Phi) is 4.17. The number of benzene rings is 1. The Morgan fingerprint density at radius 1 is 1.24 bits per heavy atom. The largest absolute Gasteiger partial charge is 0.293 e. The van der Waals surface area contributed by atoms with Crippen molar-refractivity contribution in [1.29, 1.82) is 0 Å². The SMILES string of the molecule is CC(C(=O)c1scc(Br)c1Br)c1ccccc1. The van der Waals surface area contributed by atoms with E-state index >= 15 is 0 Å². The lowest BCUT2D eigenvalue weighted by atomic mass is 9.96. The molecule has 0 bridgehead atoms. The van der Waals surface area contributed by atoms with Crippen molar-refractivity contribution >= 4 is 49.0 Å². The Hall–Kier alpha value is -0.450. The molecular weight excluding hydrogens is 364 g/mol. The van der Waals surface area contributed by atoms with Gasteiger partial charge in [0.05, 0.1) is 9.35 Å². The second-order valence-electron chi connectivity index (χ2n) is 3.72. The summed E-state index contributed by atoms with van der Waals surface area (Å²) in [4.78, 5) is 13.1. The highest BCUT2D eigenvalue weighted by Gasteiger charge is 2.21. The molecule has 1 nitrogen and oxygen atoms in total. The highest BCUT2D eigenvalue weighted by Crippen LogP contribution is 2.35. The first kappa shape index (κ1) is 13.0. The molecule has 0 aliphatic heterocycles. The van der Waals surface area contributed by atoms with Crippen LogP contribution in [0.15, 0.2) is 44.7 Å². The minimum Gasteiger partial charge on any atom is -0.293 e. The maximum Gasteiger partial charge on any atom is 0.181 e. The van der Waals surface area contributed by atoms with Gasteiger partial charge < -0.3 is 0 Å². The second-order valence-corrected chi connectivity index (χ2v) is 6.25. The van der Waals surface area contributed by atoms with Crippen LogP contribution in [0.25, 0.3) is 0 Å². The summed E-state index contributed by atoms with van der Waals surface area (Å²) in [6.07, 6.45) is 0. The summed E-state index contributed by atoms with van der Waals surface area (Å²) in [5.74, 6) is 0.0387. The molecular formula is C13H10Br2OS. The van der Waals surface area contributed by atoms with Gasteiger partial charge in [0.25, 0.3) is 0 Å². The Bertz CT molecular complexity index is 534. The summed E-state index contributed by atoms with van der Waals surface area (Å²) in [6.45, 7) is 1.94. The number of thiophene rings is 1. The standard InChI is InChI=1S/C13H10Br2OS/c1-8(9-5-3-2-4-6-9)12(16)13-11(15)10(14)7-17-13/h2-8H,1H3. The second kappa shape index (κ2) is 5.46. The number of carbonyl (C=O) groups excluding carboxylic acids is 1. The van der Waals surface area contributed by atoms with Crippen LogP contribution < -0.4 is 0 Å². The molecule has 4 heteroatoms. The van der Waals surface area contributed by atoms with Gasteiger partial charge in [0, 0.05) is 15.8 Å². The van der Waals surface area contributed by atoms with E-state index in [0.717, 1.165) is 19.4 Å². The van der Waals surface area contributed by atoms with Crippen LogP contribution in [0.5, 0.6) is 0 Å². The van der Waals surface area contributed by atoms with Crippen molar-refractivity contribution in [3.63, 3.8) is 0 Å². The number of hydrogen-bond donors (Lipinski definition) is 0. The zero-order chi connectivity index (χ0) is 12.4. The van der Waals surface area contributed by atoms with Gasteiger partial charge in [-0.25, -0.2) is 0 Å². The van der Waals surface area contributed by atoms with Gasteiger partial charge in [-0.05, 0) is 37.4 Å². The maximum absolute atomic E-state index is 12.3. The molecule has 0 fully saturated rings. The fourth-order valence-electron chi connectivity index (χ4n) is 1.58. The van der Waals surface area contributed by atoms with Crippen LogP contribution in [0.4, 0.5) is 0 Å². The van der Waals surface area contributed by atoms with Crippen molar-refractivity contribution in [2.24, 2.45) is 0 Å². The molecule has 1 aromatic carbocycles. The fraction of sp³-hybridized carbons (Fsp3) is 0.154. The molecule has 1 atom stereocenters. The first-order chi connectivity index (χ1) is 8.11. The first-order valence-corrected chi connectivity index (χ1v) is 7.59. The van der Waals surface area contributed by atoms with Gasteiger partial charge in [-0.15, -0.1) is 11.3 Å². The summed E-state index contributed by atoms with van der Waals surface area (Å²) in [5.41, 5.74) is 1.05. The molecule has 0 aliphatic rings. The molecule has 88 valence electrons. The lowest BCUT2D eigenvalue weighted by molar-refractivity contribution is 0.0969. The minimum atomic E-state index is -0.113. The van der Waals surface area contributed by atoms with Crippen LogP contribution >= 0.6 is 43.2 Å². The molecule has 1 heterocycles. The quantitative estimate of drug-likeness (QED) is 0.670. The van der Waals surface area contributed by atoms with E-state index in [9.17, 15) is 4.79 Å². The van der Waals surface area contributed by atoms with Crippen molar-refractivity contribution in [3.8, 4) is 0 Å². The number of ketones is 1. The monoisotopic (exact) mass is 372 g/mol. The van der Waals surface area contributed by atoms with E-state index in [2.05, 4.69) is 31.9 Å². The topological polar surface area (TPSA) is 17.1 Å². The predicted molar refractivity (Wildman–Crippen MR) is 78.9 cm³/mol. The van der Waals surface area contributed by atoms with Crippen LogP contribution in [-0.4, -0.2) is 5.78 Å². The van der Waals surface area contributed by atoms with E-state index < -0.39 is 0 Å². The predicted octanol–water partition coefficient (Wildman–Crippen LogP) is 5.26. The highest BCUT2D eigenvalue weighted by molar-refractivity contribution is 9.13. The van der Waals surface area contributed by atoms with E-state index in [1.807, 2.05) is 42.6 Å². The molecule has 0 saturated carbocycles. The Balaban J connectivity index is 2.30. The normalized spacial score (nSPS) is 12.4. The van der Waals surface area contributed by atoms with Gasteiger partial charge >= 0.3 is 0 Å². The average molecular weight is 374 g/mol. The number of Topliss-reactive ketones (excluding diaryl/α,β-unsaturated/α-hetero) is 1. The maximum atomic E-state index is 12.3. The van der Waals surface area contributed by atoms with Crippen LogP contribution in [0.2, 0.25) is 0 Å². The molecule has 17 heavy (non-hydrogen) atoms. The van der Waals surface area contributed by atoms with Crippen molar-refractivity contribution < 1.29 is 4.79 Å². The summed E-state index contributed by atoms with van der Waals surface area (Å²) in [5, 5.41) is 1.93. The highest BCUT2D eigenvalue weighted by atomic mass is 79.9. The van der Waals surface area contributed by atoms with E-state index in [0.29, 0.717) is 0 Å². The van der Waals surface area contributed by atoms with E-state index in [-0.39, 0.29) is 11.7 Å². The minimum absolute atomic E-state index is 0.113. The number of hydrogen-bond acceptors (Lipinski definition) is 2. The van der Waals surface area contributed by atoms with Crippen molar-refractivity contribution in [2.75, 3.05) is 0 Å². The summed E-state index contributed by atoms with van der Waals surface area (Å²) < 4.78 is 1.79. The van der Waals surface area contributed by atoms with Gasteiger partial charge in [0.2, 0.25) is 0 Å². The average Bonchev–Trinajstić information content (AvgIpc) is 2.69. The number of rotatable bonds is 3. The zero-order valence-electron chi connectivity index (χ0n) is 9.11. The Morgan fingerprint density at radius 2 is 1.88 bits per heavy atom. The smallest absolute Gasteiger partial charge is 0.181 e. The van der Waals surface area contributed by atoms with Crippen molar-refractivity contribution in [3.05, 3.63) is 55.1 Å². The summed E-state index contributed by atoms with van der Waals surface area (Å²) in [6, 6.07) is 9.84. The molecule has 1 unspecified atom stereocenters. The van der Waals surface area contributed by atoms with Gasteiger partial charge in [0.1, 0.15) is 0 Å². The van der Waals surface area contributed by atoms with Crippen LogP contribution in [0.1, 0.15) is 28.1 Å². The first-order valence-electron chi connectivity index (χ1n) is 5.13. The van der Waals surface area contributed by atoms with E-state index in [1.165, 1.54) is 11.3 Å². The zero-order valence-corrected chi connectivity index (χ0v) is 13.1. The number of halogens is 2. The van der Waals surface area contributed by atoms with E-state index in [1.54, 1.807) is 0 Å². The van der Waals surface area contributed by atoms with Crippen molar-refractivity contribution in [1.82, 2.24) is 0 Å². The van der Waals surface area contributed by atoms with Crippen LogP contribution in [0, 0.1) is 0 Å². The molecule has 0 spiro atoms. The molecule has 0 N–H and O–H groups in total. The lowest BCUT2D eigenvalue weighted by Gasteiger charge is -2.09. The molecule has 0 saturated heterocycles. The number of carbonyl (C=O) groups is 1. The van der Waals surface area contributed by atoms with Crippen molar-refractivity contribution in [2.45, 2.75) is 12.8 Å². The van der Waals surface area contributed by atoms with E-state index in [4.69, 9.17) is 0 Å². The Morgan fingerprint density at radius 3 is 2.41 bits per heavy atom. The third-order valence-electron chi connectivity index (χ3n) is 2.61.